The van der Waals surface area contributed by atoms with Gasteiger partial charge >= 0.3 is 0 Å². The molecule has 24 heavy (non-hydrogen) atoms. The zero-order valence-electron chi connectivity index (χ0n) is 13.6. The number of hydrogen-bond acceptors (Lipinski definition) is 4. The number of aliphatic hydroxyl groups excluding tert-OH is 1. The molecule has 5 heteroatoms. The van der Waals surface area contributed by atoms with E-state index in [2.05, 4.69) is 11.1 Å². The number of aromatic nitrogens is 1. The van der Waals surface area contributed by atoms with Gasteiger partial charge in [-0.05, 0) is 36.2 Å². The Kier molecular flexibility index (Phi) is 3.73. The largest absolute Gasteiger partial charge is 0.493 e. The molecule has 2 aromatic rings. The monoisotopic (exact) mass is 324 g/mol. The number of ether oxygens (including phenoxy) is 1. The van der Waals surface area contributed by atoms with Crippen molar-refractivity contribution in [1.82, 2.24) is 9.88 Å². The number of pyridine rings is 1. The molecule has 0 bridgehead atoms. The van der Waals surface area contributed by atoms with Crippen molar-refractivity contribution in [2.45, 2.75) is 19.4 Å². The minimum Gasteiger partial charge on any atom is -0.493 e. The number of aliphatic hydroxyl groups is 1. The highest BCUT2D eigenvalue weighted by Crippen LogP contribution is 2.31. The molecule has 4 rings (SSSR count). The van der Waals surface area contributed by atoms with Crippen LogP contribution in [-0.4, -0.2) is 46.7 Å². The van der Waals surface area contributed by atoms with E-state index in [-0.39, 0.29) is 17.9 Å². The van der Waals surface area contributed by atoms with E-state index in [1.165, 1.54) is 5.56 Å². The molecule has 1 aromatic carbocycles. The van der Waals surface area contributed by atoms with Gasteiger partial charge in [-0.25, -0.2) is 0 Å². The summed E-state index contributed by atoms with van der Waals surface area (Å²) >= 11 is 0. The van der Waals surface area contributed by atoms with E-state index in [4.69, 9.17) is 4.74 Å². The zero-order chi connectivity index (χ0) is 16.7. The van der Waals surface area contributed by atoms with E-state index >= 15 is 0 Å². The Morgan fingerprint density at radius 2 is 2.12 bits per heavy atom. The Bertz CT molecular complexity index is 782. The summed E-state index contributed by atoms with van der Waals surface area (Å²) in [5.74, 6) is 1.11. The predicted octanol–water partition coefficient (Wildman–Crippen LogP) is 2.14. The van der Waals surface area contributed by atoms with E-state index in [0.717, 1.165) is 29.9 Å². The molecule has 2 aliphatic heterocycles. The van der Waals surface area contributed by atoms with Gasteiger partial charge in [0.25, 0.3) is 5.91 Å². The van der Waals surface area contributed by atoms with Gasteiger partial charge in [0.1, 0.15) is 5.75 Å². The van der Waals surface area contributed by atoms with Crippen LogP contribution in [-0.2, 0) is 6.42 Å². The lowest BCUT2D eigenvalue weighted by atomic mass is 9.94. The topological polar surface area (TPSA) is 62.7 Å². The molecule has 1 amide bonds. The van der Waals surface area contributed by atoms with E-state index in [1.54, 1.807) is 24.2 Å². The van der Waals surface area contributed by atoms with Gasteiger partial charge < -0.3 is 14.7 Å². The third kappa shape index (κ3) is 2.65. The number of rotatable bonds is 3. The molecule has 3 heterocycles. The van der Waals surface area contributed by atoms with Crippen molar-refractivity contribution in [3.8, 4) is 16.9 Å². The summed E-state index contributed by atoms with van der Waals surface area (Å²) in [5, 5.41) is 9.55. The first-order valence-electron chi connectivity index (χ1n) is 8.30. The number of amides is 1. The highest BCUT2D eigenvalue weighted by atomic mass is 16.5. The van der Waals surface area contributed by atoms with Gasteiger partial charge in [-0.15, -0.1) is 0 Å². The number of likely N-dealkylation sites (tertiary alicyclic amines) is 1. The molecule has 0 aliphatic carbocycles. The lowest BCUT2D eigenvalue weighted by Crippen LogP contribution is -2.53. The Hall–Kier alpha value is -2.40. The van der Waals surface area contributed by atoms with Crippen molar-refractivity contribution in [2.24, 2.45) is 5.92 Å². The van der Waals surface area contributed by atoms with Crippen molar-refractivity contribution in [3.63, 3.8) is 0 Å². The predicted molar refractivity (Wildman–Crippen MR) is 89.9 cm³/mol. The molecular formula is C19H20N2O3. The van der Waals surface area contributed by atoms with Crippen LogP contribution >= 0.6 is 0 Å². The number of nitrogens with zero attached hydrogens (tertiary/aromatic N) is 2. The lowest BCUT2D eigenvalue weighted by molar-refractivity contribution is 0.00880. The molecular weight excluding hydrogens is 304 g/mol. The second-order valence-electron chi connectivity index (χ2n) is 6.59. The standard InChI is InChI=1S/C19H20N2O3/c1-12(22)17-10-21(11-17)19(23)16-7-15(8-20-9-16)13-2-3-18-14(6-13)4-5-24-18/h2-3,6-9,12,17,22H,4-5,10-11H2,1H3/t12-/m1/s1. The molecule has 2 aliphatic rings. The summed E-state index contributed by atoms with van der Waals surface area (Å²) in [4.78, 5) is 18.6. The third-order valence-corrected chi connectivity index (χ3v) is 4.89. The van der Waals surface area contributed by atoms with E-state index < -0.39 is 0 Å². The Labute approximate surface area is 140 Å². The second-order valence-corrected chi connectivity index (χ2v) is 6.59. The van der Waals surface area contributed by atoms with Gasteiger partial charge in [0, 0.05) is 43.4 Å². The van der Waals surface area contributed by atoms with E-state index in [9.17, 15) is 9.90 Å². The minimum absolute atomic E-state index is 0.0225. The Balaban J connectivity index is 1.55. The third-order valence-electron chi connectivity index (χ3n) is 4.89. The molecule has 0 unspecified atom stereocenters. The van der Waals surface area contributed by atoms with Crippen molar-refractivity contribution < 1.29 is 14.6 Å². The molecule has 1 atom stereocenters. The van der Waals surface area contributed by atoms with Crippen LogP contribution in [0.5, 0.6) is 5.75 Å². The smallest absolute Gasteiger partial charge is 0.255 e. The molecule has 0 saturated carbocycles. The highest BCUT2D eigenvalue weighted by molar-refractivity contribution is 5.95. The molecule has 1 saturated heterocycles. The normalized spacial score (nSPS) is 17.8. The maximum atomic E-state index is 12.6. The van der Waals surface area contributed by atoms with Crippen LogP contribution in [0.1, 0.15) is 22.8 Å². The average Bonchev–Trinajstić information content (AvgIpc) is 3.00. The van der Waals surface area contributed by atoms with E-state index in [1.807, 2.05) is 18.2 Å². The molecule has 1 fully saturated rings. The summed E-state index contributed by atoms with van der Waals surface area (Å²) in [5.41, 5.74) is 3.77. The summed E-state index contributed by atoms with van der Waals surface area (Å²) in [6, 6.07) is 7.99. The number of carbonyl (C=O) groups excluding carboxylic acids is 1. The van der Waals surface area contributed by atoms with Crippen LogP contribution in [0.4, 0.5) is 0 Å². The second kappa shape index (κ2) is 5.91. The fourth-order valence-electron chi connectivity index (χ4n) is 3.25. The van der Waals surface area contributed by atoms with Crippen LogP contribution in [0.15, 0.2) is 36.7 Å². The minimum atomic E-state index is -0.368. The zero-order valence-corrected chi connectivity index (χ0v) is 13.6. The SMILES string of the molecule is C[C@@H](O)C1CN(C(=O)c2cncc(-c3ccc4c(c3)CCO4)c2)C1. The number of benzene rings is 1. The van der Waals surface area contributed by atoms with Gasteiger partial charge in [0.2, 0.25) is 0 Å². The van der Waals surface area contributed by atoms with Crippen molar-refractivity contribution in [1.29, 1.82) is 0 Å². The first kappa shape index (κ1) is 15.1. The van der Waals surface area contributed by atoms with E-state index in [0.29, 0.717) is 18.7 Å². The van der Waals surface area contributed by atoms with Gasteiger partial charge in [-0.1, -0.05) is 6.07 Å². The summed E-state index contributed by atoms with van der Waals surface area (Å²) < 4.78 is 5.54. The van der Waals surface area contributed by atoms with Gasteiger partial charge in [0.05, 0.1) is 18.3 Å². The molecule has 1 aromatic heterocycles. The Morgan fingerprint density at radius 1 is 1.29 bits per heavy atom. The van der Waals surface area contributed by atoms with Crippen LogP contribution in [0, 0.1) is 5.92 Å². The lowest BCUT2D eigenvalue weighted by Gasteiger charge is -2.40. The molecule has 5 nitrogen and oxygen atoms in total. The number of carbonyl (C=O) groups is 1. The van der Waals surface area contributed by atoms with Crippen molar-refractivity contribution in [3.05, 3.63) is 47.8 Å². The maximum absolute atomic E-state index is 12.6. The van der Waals surface area contributed by atoms with Crippen molar-refractivity contribution >= 4 is 5.91 Å². The van der Waals surface area contributed by atoms with Gasteiger partial charge in [0.15, 0.2) is 0 Å². The quantitative estimate of drug-likeness (QED) is 0.939. The van der Waals surface area contributed by atoms with Crippen LogP contribution in [0.2, 0.25) is 0 Å². The van der Waals surface area contributed by atoms with Crippen molar-refractivity contribution in [2.75, 3.05) is 19.7 Å². The maximum Gasteiger partial charge on any atom is 0.255 e. The number of hydrogen-bond donors (Lipinski definition) is 1. The fourth-order valence-corrected chi connectivity index (χ4v) is 3.25. The number of fused-ring (bicyclic) bond motifs is 1. The highest BCUT2D eigenvalue weighted by Gasteiger charge is 2.34. The summed E-state index contributed by atoms with van der Waals surface area (Å²) in [6.45, 7) is 3.72. The molecule has 1 N–H and O–H groups in total. The van der Waals surface area contributed by atoms with Crippen LogP contribution < -0.4 is 4.74 Å². The molecule has 124 valence electrons. The van der Waals surface area contributed by atoms with Crippen LogP contribution in [0.25, 0.3) is 11.1 Å². The Morgan fingerprint density at radius 3 is 2.92 bits per heavy atom. The summed E-state index contributed by atoms with van der Waals surface area (Å²) in [7, 11) is 0. The fraction of sp³-hybridized carbons (Fsp3) is 0.368. The molecule has 0 radical (unpaired) electrons. The molecule has 0 spiro atoms. The first-order valence-corrected chi connectivity index (χ1v) is 8.30. The van der Waals surface area contributed by atoms with Gasteiger partial charge in [-0.2, -0.15) is 0 Å². The van der Waals surface area contributed by atoms with Crippen LogP contribution in [0.3, 0.4) is 0 Å². The average molecular weight is 324 g/mol. The first-order chi connectivity index (χ1) is 11.6. The summed E-state index contributed by atoms with van der Waals surface area (Å²) in [6.07, 6.45) is 3.94. The van der Waals surface area contributed by atoms with Gasteiger partial charge in [-0.3, -0.25) is 9.78 Å².